The second-order valence-corrected chi connectivity index (χ2v) is 7.60. The lowest BCUT2D eigenvalue weighted by Gasteiger charge is -2.12. The van der Waals surface area contributed by atoms with Crippen molar-refractivity contribution in [3.05, 3.63) is 82.3 Å². The van der Waals surface area contributed by atoms with E-state index >= 15 is 0 Å². The normalized spacial score (nSPS) is 11.0. The summed E-state index contributed by atoms with van der Waals surface area (Å²) in [5.41, 5.74) is 1.47. The Labute approximate surface area is 175 Å². The zero-order valence-electron chi connectivity index (χ0n) is 15.9. The molecule has 0 fully saturated rings. The van der Waals surface area contributed by atoms with Crippen molar-refractivity contribution in [3.63, 3.8) is 0 Å². The summed E-state index contributed by atoms with van der Waals surface area (Å²) in [5.74, 6) is -0.534. The number of pyridine rings is 1. The molecule has 0 spiro atoms. The SMILES string of the molecule is Cc1ccc(-n2c(SCC(=O)c3ccc(O)c(O)c3)nc3ccccc3c2=O)nc1. The van der Waals surface area contributed by atoms with Gasteiger partial charge in [0.2, 0.25) is 0 Å². The van der Waals surface area contributed by atoms with E-state index in [1.807, 2.05) is 13.0 Å². The van der Waals surface area contributed by atoms with Crippen molar-refractivity contribution in [3.8, 4) is 17.3 Å². The van der Waals surface area contributed by atoms with Gasteiger partial charge in [-0.3, -0.25) is 9.59 Å². The molecule has 0 saturated heterocycles. The molecule has 4 aromatic rings. The fraction of sp³-hybridized carbons (Fsp3) is 0.0909. The van der Waals surface area contributed by atoms with Gasteiger partial charge in [-0.05, 0) is 48.9 Å². The van der Waals surface area contributed by atoms with Crippen LogP contribution in [0.15, 0.2) is 70.7 Å². The molecule has 2 aromatic heterocycles. The highest BCUT2D eigenvalue weighted by Gasteiger charge is 2.16. The molecule has 0 amide bonds. The Morgan fingerprint density at radius 3 is 2.60 bits per heavy atom. The zero-order valence-corrected chi connectivity index (χ0v) is 16.8. The third-order valence-electron chi connectivity index (χ3n) is 4.50. The lowest BCUT2D eigenvalue weighted by molar-refractivity contribution is 0.102. The van der Waals surface area contributed by atoms with Crippen LogP contribution in [0.2, 0.25) is 0 Å². The molecule has 8 heteroatoms. The van der Waals surface area contributed by atoms with Gasteiger partial charge in [-0.1, -0.05) is 30.0 Å². The molecule has 7 nitrogen and oxygen atoms in total. The molecular formula is C22H17N3O4S. The monoisotopic (exact) mass is 419 g/mol. The van der Waals surface area contributed by atoms with E-state index < -0.39 is 0 Å². The van der Waals surface area contributed by atoms with Crippen LogP contribution >= 0.6 is 11.8 Å². The lowest BCUT2D eigenvalue weighted by atomic mass is 10.1. The predicted molar refractivity (Wildman–Crippen MR) is 115 cm³/mol. The second kappa shape index (κ2) is 8.00. The van der Waals surface area contributed by atoms with Gasteiger partial charge in [0, 0.05) is 11.8 Å². The zero-order chi connectivity index (χ0) is 21.3. The van der Waals surface area contributed by atoms with Crippen molar-refractivity contribution in [2.45, 2.75) is 12.1 Å². The van der Waals surface area contributed by atoms with E-state index in [-0.39, 0.29) is 34.2 Å². The molecule has 0 radical (unpaired) electrons. The fourth-order valence-electron chi connectivity index (χ4n) is 2.91. The first-order valence-electron chi connectivity index (χ1n) is 9.07. The minimum atomic E-state index is -0.365. The maximum atomic E-state index is 13.2. The molecule has 0 unspecified atom stereocenters. The minimum Gasteiger partial charge on any atom is -0.504 e. The molecule has 2 aromatic carbocycles. The van der Waals surface area contributed by atoms with E-state index in [2.05, 4.69) is 9.97 Å². The second-order valence-electron chi connectivity index (χ2n) is 6.66. The average Bonchev–Trinajstić information content (AvgIpc) is 2.75. The Hall–Kier alpha value is -3.65. The first-order valence-corrected chi connectivity index (χ1v) is 10.1. The number of fused-ring (bicyclic) bond motifs is 1. The van der Waals surface area contributed by atoms with Crippen LogP contribution < -0.4 is 5.56 Å². The Morgan fingerprint density at radius 1 is 1.07 bits per heavy atom. The van der Waals surface area contributed by atoms with E-state index in [0.717, 1.165) is 17.3 Å². The Balaban J connectivity index is 1.74. The van der Waals surface area contributed by atoms with E-state index in [4.69, 9.17) is 0 Å². The first kappa shape index (κ1) is 19.7. The van der Waals surface area contributed by atoms with Gasteiger partial charge >= 0.3 is 0 Å². The van der Waals surface area contributed by atoms with Crippen molar-refractivity contribution < 1.29 is 15.0 Å². The lowest BCUT2D eigenvalue weighted by Crippen LogP contribution is -2.23. The van der Waals surface area contributed by atoms with Gasteiger partial charge in [0.25, 0.3) is 5.56 Å². The van der Waals surface area contributed by atoms with E-state index in [9.17, 15) is 19.8 Å². The number of aryl methyl sites for hydroxylation is 1. The molecule has 0 atom stereocenters. The van der Waals surface area contributed by atoms with Gasteiger partial charge in [0.05, 0.1) is 16.7 Å². The number of aromatic hydroxyl groups is 2. The van der Waals surface area contributed by atoms with Crippen LogP contribution in [0.3, 0.4) is 0 Å². The standard InChI is InChI=1S/C22H17N3O4S/c1-13-6-9-20(23-11-13)25-21(29)15-4-2-3-5-16(15)24-22(25)30-12-19(28)14-7-8-17(26)18(27)10-14/h2-11,26-27H,12H2,1H3. The number of Topliss-reactive ketones (excluding diaryl/α,β-unsaturated/α-hetero) is 1. The number of nitrogens with zero attached hydrogens (tertiary/aromatic N) is 3. The number of thioether (sulfide) groups is 1. The fourth-order valence-corrected chi connectivity index (χ4v) is 3.81. The summed E-state index contributed by atoms with van der Waals surface area (Å²) < 4.78 is 1.40. The van der Waals surface area contributed by atoms with Gasteiger partial charge in [-0.2, -0.15) is 0 Å². The van der Waals surface area contributed by atoms with Gasteiger partial charge in [0.15, 0.2) is 22.4 Å². The summed E-state index contributed by atoms with van der Waals surface area (Å²) in [6.07, 6.45) is 1.66. The minimum absolute atomic E-state index is 0.0130. The summed E-state index contributed by atoms with van der Waals surface area (Å²) in [7, 11) is 0. The van der Waals surface area contributed by atoms with Crippen LogP contribution in [0.4, 0.5) is 0 Å². The molecule has 2 N–H and O–H groups in total. The van der Waals surface area contributed by atoms with Crippen LogP contribution in [-0.4, -0.2) is 36.3 Å². The number of carbonyl (C=O) groups excluding carboxylic acids is 1. The molecule has 150 valence electrons. The molecule has 0 aliphatic heterocycles. The smallest absolute Gasteiger partial charge is 0.267 e. The third-order valence-corrected chi connectivity index (χ3v) is 5.44. The van der Waals surface area contributed by atoms with Crippen molar-refractivity contribution in [2.24, 2.45) is 0 Å². The molecular weight excluding hydrogens is 402 g/mol. The molecule has 0 bridgehead atoms. The Morgan fingerprint density at radius 2 is 1.87 bits per heavy atom. The Kier molecular flexibility index (Phi) is 5.24. The summed E-state index contributed by atoms with van der Waals surface area (Å²) >= 11 is 1.11. The van der Waals surface area contributed by atoms with Gasteiger partial charge in [-0.15, -0.1) is 0 Å². The largest absolute Gasteiger partial charge is 0.504 e. The quantitative estimate of drug-likeness (QED) is 0.221. The van der Waals surface area contributed by atoms with Gasteiger partial charge in [-0.25, -0.2) is 14.5 Å². The molecule has 0 saturated carbocycles. The number of ketones is 1. The summed E-state index contributed by atoms with van der Waals surface area (Å²) in [5, 5.41) is 19.9. The molecule has 2 heterocycles. The summed E-state index contributed by atoms with van der Waals surface area (Å²) in [6, 6.07) is 14.5. The van der Waals surface area contributed by atoms with Gasteiger partial charge in [0.1, 0.15) is 5.82 Å². The number of aromatic nitrogens is 3. The maximum Gasteiger partial charge on any atom is 0.267 e. The number of benzene rings is 2. The van der Waals surface area contributed by atoms with E-state index in [0.29, 0.717) is 21.9 Å². The first-order chi connectivity index (χ1) is 14.4. The number of phenols is 2. The highest BCUT2D eigenvalue weighted by molar-refractivity contribution is 7.99. The van der Waals surface area contributed by atoms with Crippen molar-refractivity contribution >= 4 is 28.4 Å². The number of phenolic OH excluding ortho intramolecular Hbond substituents is 2. The number of rotatable bonds is 5. The van der Waals surface area contributed by atoms with Crippen LogP contribution in [0.1, 0.15) is 15.9 Å². The topological polar surface area (TPSA) is 105 Å². The third kappa shape index (κ3) is 3.77. The predicted octanol–water partition coefficient (Wildman–Crippen LogP) is 3.48. The summed E-state index contributed by atoms with van der Waals surface area (Å²) in [4.78, 5) is 34.7. The highest BCUT2D eigenvalue weighted by Crippen LogP contribution is 2.27. The van der Waals surface area contributed by atoms with Gasteiger partial charge < -0.3 is 10.2 Å². The maximum absolute atomic E-state index is 13.2. The number of para-hydroxylation sites is 1. The molecule has 4 rings (SSSR count). The van der Waals surface area contributed by atoms with E-state index in [1.54, 1.807) is 36.5 Å². The van der Waals surface area contributed by atoms with Crippen LogP contribution in [0.25, 0.3) is 16.7 Å². The Bertz CT molecular complexity index is 1320. The molecule has 30 heavy (non-hydrogen) atoms. The van der Waals surface area contributed by atoms with Crippen molar-refractivity contribution in [2.75, 3.05) is 5.75 Å². The number of hydrogen-bond donors (Lipinski definition) is 2. The number of hydrogen-bond acceptors (Lipinski definition) is 7. The number of carbonyl (C=O) groups is 1. The van der Waals surface area contributed by atoms with Crippen molar-refractivity contribution in [1.29, 1.82) is 0 Å². The van der Waals surface area contributed by atoms with Crippen molar-refractivity contribution in [1.82, 2.24) is 14.5 Å². The van der Waals surface area contributed by atoms with Crippen LogP contribution in [-0.2, 0) is 0 Å². The van der Waals surface area contributed by atoms with E-state index in [1.165, 1.54) is 22.8 Å². The average molecular weight is 419 g/mol. The highest BCUT2D eigenvalue weighted by atomic mass is 32.2. The molecule has 0 aliphatic rings. The van der Waals surface area contributed by atoms with Crippen LogP contribution in [0, 0.1) is 6.92 Å². The molecule has 0 aliphatic carbocycles. The van der Waals surface area contributed by atoms with Crippen LogP contribution in [0.5, 0.6) is 11.5 Å². The summed E-state index contributed by atoms with van der Waals surface area (Å²) in [6.45, 7) is 1.90.